The molecule has 0 saturated heterocycles. The first-order valence-electron chi connectivity index (χ1n) is 24.1. The number of esters is 1. The van der Waals surface area contributed by atoms with Gasteiger partial charge in [0.25, 0.3) is 5.91 Å². The highest BCUT2D eigenvalue weighted by atomic mass is 19.2. The van der Waals surface area contributed by atoms with Gasteiger partial charge in [0.05, 0.1) is 112 Å². The number of alkyl halides is 2. The van der Waals surface area contributed by atoms with Gasteiger partial charge in [0.2, 0.25) is 0 Å². The Labute approximate surface area is 461 Å². The van der Waals surface area contributed by atoms with E-state index in [1.165, 1.54) is 80.7 Å². The molecule has 83 heavy (non-hydrogen) atoms. The molecule has 3 aliphatic rings. The number of ether oxygens (including phenoxy) is 1. The molecule has 0 spiro atoms. The molecule has 6 aromatic heterocycles. The number of methoxy groups -OCH3 is 1. The molecule has 0 fully saturated rings. The molecule has 0 radical (unpaired) electrons. The largest absolute Gasteiger partial charge is 0.477 e. The molecule has 9 heterocycles. The Morgan fingerprint density at radius 3 is 1.20 bits per heavy atom. The van der Waals surface area contributed by atoms with Crippen LogP contribution in [0.1, 0.15) is 48.2 Å². The van der Waals surface area contributed by atoms with Crippen LogP contribution in [0.15, 0.2) is 125 Å². The zero-order valence-electron chi connectivity index (χ0n) is 42.4. The Kier molecular flexibility index (Phi) is 17.0. The summed E-state index contributed by atoms with van der Waals surface area (Å²) in [6, 6.07) is 14.8. The Balaban J connectivity index is 0.000000145. The van der Waals surface area contributed by atoms with E-state index >= 15 is 0 Å². The van der Waals surface area contributed by atoms with Crippen molar-refractivity contribution in [2.24, 2.45) is 20.7 Å². The number of nitrogens with zero attached hydrogens (tertiary/aromatic N) is 9. The van der Waals surface area contributed by atoms with Gasteiger partial charge in [-0.1, -0.05) is 18.2 Å². The number of H-pyrrole nitrogens is 3. The molecule has 422 valence electrons. The predicted molar refractivity (Wildman–Crippen MR) is 286 cm³/mol. The quantitative estimate of drug-likeness (QED) is 0.0481. The lowest BCUT2D eigenvalue weighted by Gasteiger charge is -2.09. The lowest BCUT2D eigenvalue weighted by molar-refractivity contribution is 0.0593. The maximum Gasteiger partial charge on any atom is 0.356 e. The van der Waals surface area contributed by atoms with E-state index in [9.17, 15) is 49.5 Å². The molecule has 0 saturated carbocycles. The van der Waals surface area contributed by atoms with Crippen LogP contribution in [0.3, 0.4) is 0 Å². The molecule has 0 atom stereocenters. The zero-order chi connectivity index (χ0) is 58.9. The summed E-state index contributed by atoms with van der Waals surface area (Å²) in [6.45, 7) is -1.09. The fourth-order valence-electron chi connectivity index (χ4n) is 8.04. The number of anilines is 3. The molecular formula is C53H39F8N17O5. The maximum atomic E-state index is 14.3. The van der Waals surface area contributed by atoms with Crippen molar-refractivity contribution in [1.29, 1.82) is 0 Å². The second kappa shape index (κ2) is 25.0. The van der Waals surface area contributed by atoms with Crippen LogP contribution in [0, 0.1) is 34.9 Å². The number of carboxylic acids is 1. The number of aliphatic imine (C=N–C) groups is 3. The summed E-state index contributed by atoms with van der Waals surface area (Å²) in [7, 11) is 1.25. The number of aromatic carboxylic acids is 1. The van der Waals surface area contributed by atoms with Crippen molar-refractivity contribution < 1.29 is 59.4 Å². The average Bonchev–Trinajstić information content (AvgIpc) is 3.01. The molecule has 22 nitrogen and oxygen atoms in total. The molecule has 3 aliphatic heterocycles. The second-order valence-electron chi connectivity index (χ2n) is 17.0. The molecule has 12 rings (SSSR count). The van der Waals surface area contributed by atoms with Gasteiger partial charge in [-0.3, -0.25) is 20.1 Å². The fourth-order valence-corrected chi connectivity index (χ4v) is 8.04. The zero-order valence-corrected chi connectivity index (χ0v) is 42.4. The Bertz CT molecular complexity index is 3990. The van der Waals surface area contributed by atoms with Gasteiger partial charge in [-0.05, 0) is 54.6 Å². The van der Waals surface area contributed by atoms with Crippen LogP contribution in [0.4, 0.5) is 69.2 Å². The minimum absolute atomic E-state index is 0.0328. The molecule has 0 unspecified atom stereocenters. The topological polar surface area (TPSA) is 317 Å². The third-order valence-electron chi connectivity index (χ3n) is 11.8. The number of hydrogen-bond acceptors (Lipinski definition) is 17. The highest BCUT2D eigenvalue weighted by Gasteiger charge is 2.28. The average molecular weight is 1150 g/mol. The molecule has 0 aliphatic carbocycles. The van der Waals surface area contributed by atoms with Crippen molar-refractivity contribution in [2.75, 3.05) is 49.5 Å². The van der Waals surface area contributed by atoms with Crippen LogP contribution in [0.5, 0.6) is 0 Å². The van der Waals surface area contributed by atoms with Crippen LogP contribution in [0.25, 0.3) is 33.8 Å². The van der Waals surface area contributed by atoms with E-state index in [-0.39, 0.29) is 75.7 Å². The monoisotopic (exact) mass is 1150 g/mol. The van der Waals surface area contributed by atoms with E-state index in [1.807, 2.05) is 0 Å². The minimum atomic E-state index is -1.20. The summed E-state index contributed by atoms with van der Waals surface area (Å²) >= 11 is 0. The number of carbonyl (C=O) groups excluding carboxylic acids is 2. The van der Waals surface area contributed by atoms with E-state index < -0.39 is 66.1 Å². The second-order valence-corrected chi connectivity index (χ2v) is 17.0. The smallest absolute Gasteiger partial charge is 0.356 e. The first-order valence-corrected chi connectivity index (χ1v) is 24.1. The van der Waals surface area contributed by atoms with E-state index in [4.69, 9.17) is 5.11 Å². The van der Waals surface area contributed by atoms with Crippen LogP contribution in [-0.4, -0.2) is 120 Å². The van der Waals surface area contributed by atoms with Gasteiger partial charge >= 0.3 is 11.9 Å². The van der Waals surface area contributed by atoms with Crippen molar-refractivity contribution in [2.45, 2.75) is 0 Å². The van der Waals surface area contributed by atoms with Gasteiger partial charge < -0.3 is 36.8 Å². The summed E-state index contributed by atoms with van der Waals surface area (Å²) in [5, 5.41) is 40.1. The van der Waals surface area contributed by atoms with Crippen LogP contribution in [-0.2, 0) is 4.74 Å². The number of amides is 1. The fraction of sp³-hybridized carbons (Fsp3) is 0.0943. The number of rotatable bonds is 9. The Morgan fingerprint density at radius 1 is 0.530 bits per heavy atom. The SMILES string of the molecule is COC(=O)c1cc2c(cn1)N=C(c1c(F)cccc1F)Nc1cn[nH]c1-2.NCCF.O=C(NCCF)c1cc2c(cn1)N=C(c1c(F)cccc1F)Nc1cn[nH]c1-2.O=C(O)c1cc2c(cn1)N=C(c1c(F)cccc1F)Nc1cn[nH]c1-2. The van der Waals surface area contributed by atoms with Crippen molar-refractivity contribution >= 4 is 69.5 Å². The Hall–Kier alpha value is -11.0. The number of carboxylic acid groups (broad SMARTS) is 1. The number of aromatic nitrogens is 9. The maximum absolute atomic E-state index is 14.3. The third-order valence-corrected chi connectivity index (χ3v) is 11.8. The lowest BCUT2D eigenvalue weighted by atomic mass is 10.1. The van der Waals surface area contributed by atoms with E-state index in [0.717, 1.165) is 36.4 Å². The number of aromatic amines is 3. The number of pyridine rings is 3. The molecule has 3 aromatic carbocycles. The van der Waals surface area contributed by atoms with Gasteiger partial charge in [0.15, 0.2) is 0 Å². The van der Waals surface area contributed by atoms with Gasteiger partial charge in [0, 0.05) is 29.8 Å². The standard InChI is InChI=1S/C18H13F3N6O.C17H11F2N5O2.C16H9F2N5O2.C2H6FN/c19-4-5-22-18(28)12-6-9-13(7-23-12)25-17(26-14-8-24-27-16(9)14)15-10(20)2-1-3-11(15)21;1-26-17(25)11-5-8-12(6-20-11)22-16(23-13-7-21-24-15(8)13)14-9(18)3-2-4-10(14)19;17-8-2-1-3-9(18)13(8)15-21-11-5-19-10(16(24)25)4-7(11)14-12(22-15)6-20-23-14;3-1-2-4/h1-3,6-8H,4-5H2,(H,22,28)(H,24,27)(H,25,26);2-7H,1H3,(H,21,24)(H,22,23);1-6H,(H,20,23)(H,21,22)(H,24,25);1-2,4H2. The van der Waals surface area contributed by atoms with Crippen LogP contribution in [0.2, 0.25) is 0 Å². The normalized spacial score (nSPS) is 12.1. The highest BCUT2D eigenvalue weighted by Crippen LogP contribution is 2.40. The number of nitrogens with two attached hydrogens (primary N) is 1. The predicted octanol–water partition coefficient (Wildman–Crippen LogP) is 8.86. The first-order chi connectivity index (χ1) is 40.1. The van der Waals surface area contributed by atoms with Gasteiger partial charge in [-0.25, -0.2) is 74.6 Å². The number of fused-ring (bicyclic) bond motifs is 9. The molecular weight excluding hydrogens is 1110 g/mol. The number of amidine groups is 3. The van der Waals surface area contributed by atoms with Crippen LogP contribution < -0.4 is 27.0 Å². The lowest BCUT2D eigenvalue weighted by Crippen LogP contribution is -2.26. The summed E-state index contributed by atoms with van der Waals surface area (Å²) in [4.78, 5) is 59.7. The van der Waals surface area contributed by atoms with Crippen molar-refractivity contribution in [3.63, 3.8) is 0 Å². The highest BCUT2D eigenvalue weighted by molar-refractivity contribution is 6.15. The minimum Gasteiger partial charge on any atom is -0.477 e. The molecule has 0 bridgehead atoms. The molecule has 9 aromatic rings. The van der Waals surface area contributed by atoms with E-state index in [1.54, 1.807) is 0 Å². The summed E-state index contributed by atoms with van der Waals surface area (Å²) in [5.41, 5.74) is 8.49. The number of hydrogen-bond donors (Lipinski definition) is 9. The number of carbonyl (C=O) groups is 3. The van der Waals surface area contributed by atoms with Gasteiger partial charge in [-0.2, -0.15) is 15.3 Å². The molecule has 30 heteroatoms. The summed E-state index contributed by atoms with van der Waals surface area (Å²) in [6.07, 6.45) is 8.17. The van der Waals surface area contributed by atoms with Crippen molar-refractivity contribution in [3.05, 3.63) is 179 Å². The summed E-state index contributed by atoms with van der Waals surface area (Å²) < 4.78 is 113. The Morgan fingerprint density at radius 2 is 0.867 bits per heavy atom. The van der Waals surface area contributed by atoms with Gasteiger partial charge in [0.1, 0.15) is 82.8 Å². The number of nitrogens with one attached hydrogen (secondary N) is 7. The van der Waals surface area contributed by atoms with E-state index in [0.29, 0.717) is 56.5 Å². The van der Waals surface area contributed by atoms with Crippen LogP contribution >= 0.6 is 0 Å². The number of benzene rings is 3. The van der Waals surface area contributed by atoms with Crippen molar-refractivity contribution in [1.82, 2.24) is 50.9 Å². The molecule has 10 N–H and O–H groups in total. The molecule has 1 amide bonds. The van der Waals surface area contributed by atoms with Crippen molar-refractivity contribution in [3.8, 4) is 33.8 Å². The number of halogens is 8. The first kappa shape index (κ1) is 56.7. The van der Waals surface area contributed by atoms with Gasteiger partial charge in [-0.15, -0.1) is 0 Å². The summed E-state index contributed by atoms with van der Waals surface area (Å²) in [5.74, 6) is -7.18. The third kappa shape index (κ3) is 12.1. The van der Waals surface area contributed by atoms with E-state index in [2.05, 4.69) is 92.3 Å².